The van der Waals surface area contributed by atoms with Crippen molar-refractivity contribution < 1.29 is 24.0 Å². The zero-order valence-corrected chi connectivity index (χ0v) is 11.0. The van der Waals surface area contributed by atoms with Gasteiger partial charge in [-0.05, 0) is 6.92 Å². The Morgan fingerprint density at radius 1 is 1.55 bits per heavy atom. The highest BCUT2D eigenvalue weighted by Crippen LogP contribution is 2.11. The molecular weight excluding hydrogens is 268 g/mol. The molecule has 2 rings (SSSR count). The molecule has 0 radical (unpaired) electrons. The SMILES string of the molecule is Cc1noc(CNC(=O)N2CCOCC2CC(=O)O)n1. The van der Waals surface area contributed by atoms with E-state index >= 15 is 0 Å². The minimum absolute atomic E-state index is 0.108. The van der Waals surface area contributed by atoms with Crippen LogP contribution in [0.4, 0.5) is 4.79 Å². The highest BCUT2D eigenvalue weighted by atomic mass is 16.5. The van der Waals surface area contributed by atoms with Crippen molar-refractivity contribution in [1.82, 2.24) is 20.4 Å². The van der Waals surface area contributed by atoms with E-state index < -0.39 is 12.0 Å². The van der Waals surface area contributed by atoms with E-state index in [1.54, 1.807) is 6.92 Å². The van der Waals surface area contributed by atoms with Crippen molar-refractivity contribution in [3.63, 3.8) is 0 Å². The number of morpholine rings is 1. The highest BCUT2D eigenvalue weighted by molar-refractivity contribution is 5.76. The zero-order chi connectivity index (χ0) is 14.5. The number of nitrogens with one attached hydrogen (secondary N) is 1. The van der Waals surface area contributed by atoms with Crippen molar-refractivity contribution in [3.05, 3.63) is 11.7 Å². The minimum atomic E-state index is -0.967. The van der Waals surface area contributed by atoms with Gasteiger partial charge in [0.1, 0.15) is 0 Å². The number of aryl methyl sites for hydroxylation is 1. The fourth-order valence-electron chi connectivity index (χ4n) is 1.96. The Bertz CT molecular complexity index is 489. The number of carboxylic acids is 1. The molecule has 1 fully saturated rings. The topological polar surface area (TPSA) is 118 Å². The smallest absolute Gasteiger partial charge is 0.318 e. The molecule has 2 heterocycles. The second kappa shape index (κ2) is 6.33. The lowest BCUT2D eigenvalue weighted by molar-refractivity contribution is -0.139. The third-order valence-corrected chi connectivity index (χ3v) is 2.86. The number of hydrogen-bond donors (Lipinski definition) is 2. The van der Waals surface area contributed by atoms with Crippen molar-refractivity contribution >= 4 is 12.0 Å². The Kier molecular flexibility index (Phi) is 4.51. The highest BCUT2D eigenvalue weighted by Gasteiger charge is 2.29. The van der Waals surface area contributed by atoms with Gasteiger partial charge in [-0.15, -0.1) is 0 Å². The van der Waals surface area contributed by atoms with Crippen LogP contribution in [-0.4, -0.2) is 57.9 Å². The standard InChI is InChI=1S/C11H16N4O5/c1-7-13-9(20-14-7)5-12-11(18)15-2-3-19-6-8(15)4-10(16)17/h8H,2-6H2,1H3,(H,12,18)(H,16,17). The van der Waals surface area contributed by atoms with E-state index in [1.165, 1.54) is 4.90 Å². The van der Waals surface area contributed by atoms with E-state index in [4.69, 9.17) is 14.4 Å². The Balaban J connectivity index is 1.90. The van der Waals surface area contributed by atoms with Gasteiger partial charge < -0.3 is 24.6 Å². The summed E-state index contributed by atoms with van der Waals surface area (Å²) < 4.78 is 10.1. The molecule has 0 aromatic carbocycles. The first-order valence-electron chi connectivity index (χ1n) is 6.19. The van der Waals surface area contributed by atoms with Gasteiger partial charge in [0.25, 0.3) is 0 Å². The van der Waals surface area contributed by atoms with Crippen molar-refractivity contribution in [2.24, 2.45) is 0 Å². The molecule has 0 spiro atoms. The summed E-state index contributed by atoms with van der Waals surface area (Å²) in [5.74, 6) is -0.172. The van der Waals surface area contributed by atoms with Crippen molar-refractivity contribution in [2.75, 3.05) is 19.8 Å². The van der Waals surface area contributed by atoms with Crippen LogP contribution < -0.4 is 5.32 Å². The van der Waals surface area contributed by atoms with Gasteiger partial charge in [0.15, 0.2) is 5.82 Å². The number of carbonyl (C=O) groups excluding carboxylic acids is 1. The molecule has 110 valence electrons. The molecule has 1 unspecified atom stereocenters. The minimum Gasteiger partial charge on any atom is -0.481 e. The number of hydrogen-bond acceptors (Lipinski definition) is 6. The molecule has 1 aromatic rings. The Hall–Kier alpha value is -2.16. The van der Waals surface area contributed by atoms with Crippen LogP contribution in [0.3, 0.4) is 0 Å². The van der Waals surface area contributed by atoms with Crippen LogP contribution in [0, 0.1) is 6.92 Å². The van der Waals surface area contributed by atoms with Crippen LogP contribution in [0.5, 0.6) is 0 Å². The molecule has 0 bridgehead atoms. The maximum atomic E-state index is 12.0. The molecule has 1 aliphatic rings. The van der Waals surface area contributed by atoms with Crippen LogP contribution in [0.1, 0.15) is 18.1 Å². The summed E-state index contributed by atoms with van der Waals surface area (Å²) in [6.07, 6.45) is -0.146. The van der Waals surface area contributed by atoms with Gasteiger partial charge in [0, 0.05) is 6.54 Å². The summed E-state index contributed by atoms with van der Waals surface area (Å²) in [7, 11) is 0. The molecule has 9 heteroatoms. The fraction of sp³-hybridized carbons (Fsp3) is 0.636. The van der Waals surface area contributed by atoms with E-state index in [1.807, 2.05) is 0 Å². The third-order valence-electron chi connectivity index (χ3n) is 2.86. The van der Waals surface area contributed by atoms with E-state index in [0.717, 1.165) is 0 Å². The molecule has 9 nitrogen and oxygen atoms in total. The average Bonchev–Trinajstić information content (AvgIpc) is 2.82. The van der Waals surface area contributed by atoms with Crippen LogP contribution in [-0.2, 0) is 16.1 Å². The quantitative estimate of drug-likeness (QED) is 0.783. The number of carboxylic acid groups (broad SMARTS) is 1. The van der Waals surface area contributed by atoms with Gasteiger partial charge in [0.05, 0.1) is 32.2 Å². The lowest BCUT2D eigenvalue weighted by Crippen LogP contribution is -2.53. The number of ether oxygens (including phenoxy) is 1. The normalized spacial score (nSPS) is 18.9. The molecule has 2 N–H and O–H groups in total. The number of carbonyl (C=O) groups is 2. The number of amides is 2. The number of urea groups is 1. The first kappa shape index (κ1) is 14.3. The summed E-state index contributed by atoms with van der Waals surface area (Å²) in [4.78, 5) is 28.2. The van der Waals surface area contributed by atoms with E-state index in [9.17, 15) is 9.59 Å². The number of nitrogens with zero attached hydrogens (tertiary/aromatic N) is 3. The lowest BCUT2D eigenvalue weighted by Gasteiger charge is -2.34. The summed E-state index contributed by atoms with van der Waals surface area (Å²) in [6, 6.07) is -0.832. The maximum Gasteiger partial charge on any atom is 0.318 e. The van der Waals surface area contributed by atoms with Crippen LogP contribution in [0.15, 0.2) is 4.52 Å². The third kappa shape index (κ3) is 3.67. The van der Waals surface area contributed by atoms with Crippen molar-refractivity contribution in [1.29, 1.82) is 0 Å². The number of aliphatic carboxylic acids is 1. The molecular formula is C11H16N4O5. The van der Waals surface area contributed by atoms with Gasteiger partial charge in [-0.25, -0.2) is 4.79 Å². The number of rotatable bonds is 4. The van der Waals surface area contributed by atoms with Gasteiger partial charge in [-0.1, -0.05) is 5.16 Å². The largest absolute Gasteiger partial charge is 0.481 e. The molecule has 1 aliphatic heterocycles. The van der Waals surface area contributed by atoms with Crippen molar-refractivity contribution in [2.45, 2.75) is 25.9 Å². The fourth-order valence-corrected chi connectivity index (χ4v) is 1.96. The van der Waals surface area contributed by atoms with Gasteiger partial charge >= 0.3 is 12.0 Å². The molecule has 0 aliphatic carbocycles. The van der Waals surface area contributed by atoms with E-state index in [0.29, 0.717) is 24.9 Å². The van der Waals surface area contributed by atoms with Gasteiger partial charge in [0.2, 0.25) is 5.89 Å². The lowest BCUT2D eigenvalue weighted by atomic mass is 10.1. The first-order valence-corrected chi connectivity index (χ1v) is 6.19. The molecule has 0 saturated carbocycles. The van der Waals surface area contributed by atoms with Crippen LogP contribution in [0.25, 0.3) is 0 Å². The summed E-state index contributed by atoms with van der Waals surface area (Å²) in [5, 5.41) is 15.1. The van der Waals surface area contributed by atoms with Gasteiger partial charge in [-0.3, -0.25) is 4.79 Å². The second-order valence-electron chi connectivity index (χ2n) is 4.41. The zero-order valence-electron chi connectivity index (χ0n) is 11.0. The summed E-state index contributed by atoms with van der Waals surface area (Å²) in [6.45, 7) is 2.76. The number of aromatic nitrogens is 2. The average molecular weight is 284 g/mol. The molecule has 1 atom stereocenters. The monoisotopic (exact) mass is 284 g/mol. The first-order chi connectivity index (χ1) is 9.56. The predicted molar refractivity (Wildman–Crippen MR) is 64.8 cm³/mol. The van der Waals surface area contributed by atoms with Crippen molar-refractivity contribution in [3.8, 4) is 0 Å². The molecule has 20 heavy (non-hydrogen) atoms. The Labute approximate surface area is 114 Å². The van der Waals surface area contributed by atoms with Gasteiger partial charge in [-0.2, -0.15) is 4.98 Å². The van der Waals surface area contributed by atoms with E-state index in [-0.39, 0.29) is 25.6 Å². The maximum absolute atomic E-state index is 12.0. The van der Waals surface area contributed by atoms with Crippen LogP contribution >= 0.6 is 0 Å². The second-order valence-corrected chi connectivity index (χ2v) is 4.41. The predicted octanol–water partition coefficient (Wildman–Crippen LogP) is -0.237. The molecule has 1 saturated heterocycles. The Morgan fingerprint density at radius 3 is 3.00 bits per heavy atom. The molecule has 2 amide bonds. The van der Waals surface area contributed by atoms with E-state index in [2.05, 4.69) is 15.5 Å². The molecule has 1 aromatic heterocycles. The Morgan fingerprint density at radius 2 is 2.35 bits per heavy atom. The summed E-state index contributed by atoms with van der Waals surface area (Å²) >= 11 is 0. The summed E-state index contributed by atoms with van der Waals surface area (Å²) in [5.41, 5.74) is 0. The van der Waals surface area contributed by atoms with Crippen LogP contribution in [0.2, 0.25) is 0 Å².